The van der Waals surface area contributed by atoms with Crippen LogP contribution in [0.4, 0.5) is 5.69 Å². The third-order valence-electron chi connectivity index (χ3n) is 3.97. The summed E-state index contributed by atoms with van der Waals surface area (Å²) in [5, 5.41) is 2.58. The minimum atomic E-state index is -0.506. The van der Waals surface area contributed by atoms with E-state index >= 15 is 0 Å². The van der Waals surface area contributed by atoms with Gasteiger partial charge in [-0.25, -0.2) is 0 Å². The maximum Gasteiger partial charge on any atom is 0.306 e. The van der Waals surface area contributed by atoms with E-state index in [1.165, 1.54) is 13.8 Å². The Kier molecular flexibility index (Phi) is 8.09. The fourth-order valence-electron chi connectivity index (χ4n) is 2.42. The van der Waals surface area contributed by atoms with Crippen LogP contribution >= 0.6 is 0 Å². The van der Waals surface area contributed by atoms with Gasteiger partial charge < -0.3 is 14.8 Å². The summed E-state index contributed by atoms with van der Waals surface area (Å²) in [6.07, 6.45) is 0.536. The van der Waals surface area contributed by atoms with E-state index in [0.29, 0.717) is 35.6 Å². The minimum Gasteiger partial charge on any atom is -0.494 e. The third-order valence-corrected chi connectivity index (χ3v) is 3.97. The summed E-state index contributed by atoms with van der Waals surface area (Å²) in [6, 6.07) is 13.3. The monoisotopic (exact) mass is 397 g/mol. The molecule has 2 rings (SSSR count). The van der Waals surface area contributed by atoms with Crippen molar-refractivity contribution in [1.82, 2.24) is 0 Å². The molecule has 0 aliphatic heterocycles. The summed E-state index contributed by atoms with van der Waals surface area (Å²) in [5.74, 6) is -0.510. The van der Waals surface area contributed by atoms with Gasteiger partial charge >= 0.3 is 5.97 Å². The van der Waals surface area contributed by atoms with E-state index < -0.39 is 18.5 Å². The number of ether oxygens (including phenoxy) is 2. The molecule has 0 aliphatic rings. The number of amides is 1. The smallest absolute Gasteiger partial charge is 0.306 e. The summed E-state index contributed by atoms with van der Waals surface area (Å²) in [5.41, 5.74) is 1.55. The predicted octanol–water partition coefficient (Wildman–Crippen LogP) is 3.43. The average Bonchev–Trinajstić information content (AvgIpc) is 2.70. The van der Waals surface area contributed by atoms with Gasteiger partial charge in [-0.2, -0.15) is 0 Å². The van der Waals surface area contributed by atoms with Gasteiger partial charge in [0.25, 0.3) is 5.91 Å². The van der Waals surface area contributed by atoms with Gasteiger partial charge in [-0.1, -0.05) is 12.1 Å². The Bertz CT molecular complexity index is 888. The normalized spacial score (nSPS) is 10.1. The molecular weight excluding hydrogens is 374 g/mol. The largest absolute Gasteiger partial charge is 0.494 e. The van der Waals surface area contributed by atoms with Crippen LogP contribution in [0.3, 0.4) is 0 Å². The van der Waals surface area contributed by atoms with Crippen molar-refractivity contribution in [2.24, 2.45) is 0 Å². The zero-order valence-corrected chi connectivity index (χ0v) is 16.4. The van der Waals surface area contributed by atoms with Gasteiger partial charge in [-0.3, -0.25) is 19.2 Å². The number of anilines is 1. The molecule has 0 unspecified atom stereocenters. The van der Waals surface area contributed by atoms with Gasteiger partial charge in [0.2, 0.25) is 0 Å². The zero-order chi connectivity index (χ0) is 21.2. The number of rotatable bonds is 10. The fraction of sp³-hybridized carbons (Fsp3) is 0.273. The molecule has 0 heterocycles. The highest BCUT2D eigenvalue weighted by Crippen LogP contribution is 2.13. The molecule has 0 aliphatic carbocycles. The molecule has 0 spiro atoms. The SMILES string of the molecule is CC(=O)c1ccc(OCCCC(=O)OCC(=O)Nc2cccc(C(C)=O)c2)cc1. The first-order valence-corrected chi connectivity index (χ1v) is 9.15. The van der Waals surface area contributed by atoms with Crippen LogP contribution in [0.2, 0.25) is 0 Å². The van der Waals surface area contributed by atoms with Crippen LogP contribution in [0.1, 0.15) is 47.4 Å². The summed E-state index contributed by atoms with van der Waals surface area (Å²) in [7, 11) is 0. The molecule has 29 heavy (non-hydrogen) atoms. The highest BCUT2D eigenvalue weighted by Gasteiger charge is 2.09. The number of carbonyl (C=O) groups excluding carboxylic acids is 4. The van der Waals surface area contributed by atoms with Gasteiger partial charge in [0, 0.05) is 23.2 Å². The number of nitrogens with one attached hydrogen (secondary N) is 1. The van der Waals surface area contributed by atoms with E-state index in [1.807, 2.05) is 0 Å². The Hall–Kier alpha value is -3.48. The zero-order valence-electron chi connectivity index (χ0n) is 16.4. The van der Waals surface area contributed by atoms with Gasteiger partial charge in [-0.05, 0) is 56.7 Å². The lowest BCUT2D eigenvalue weighted by Crippen LogP contribution is -2.21. The molecule has 0 aromatic heterocycles. The molecule has 0 fully saturated rings. The lowest BCUT2D eigenvalue weighted by Gasteiger charge is -2.08. The van der Waals surface area contributed by atoms with Crippen molar-refractivity contribution in [2.75, 3.05) is 18.5 Å². The highest BCUT2D eigenvalue weighted by molar-refractivity contribution is 5.97. The van der Waals surface area contributed by atoms with Crippen LogP contribution in [0.25, 0.3) is 0 Å². The van der Waals surface area contributed by atoms with Gasteiger partial charge in [0.1, 0.15) is 5.75 Å². The van der Waals surface area contributed by atoms with E-state index in [0.717, 1.165) is 0 Å². The first kappa shape index (κ1) is 21.8. The second-order valence-electron chi connectivity index (χ2n) is 6.38. The summed E-state index contributed by atoms with van der Waals surface area (Å²) in [4.78, 5) is 46.2. The Morgan fingerprint density at radius 3 is 2.24 bits per heavy atom. The number of esters is 1. The van der Waals surface area contributed by atoms with Crippen LogP contribution in [-0.4, -0.2) is 36.7 Å². The second kappa shape index (κ2) is 10.8. The molecule has 0 atom stereocenters. The van der Waals surface area contributed by atoms with Crippen LogP contribution in [0.5, 0.6) is 5.75 Å². The van der Waals surface area contributed by atoms with Crippen LogP contribution in [0, 0.1) is 0 Å². The van der Waals surface area contributed by atoms with E-state index in [-0.39, 0.29) is 18.0 Å². The van der Waals surface area contributed by atoms with Crippen LogP contribution in [-0.2, 0) is 14.3 Å². The predicted molar refractivity (Wildman–Crippen MR) is 107 cm³/mol. The minimum absolute atomic E-state index is 0.0186. The molecule has 1 N–H and O–H groups in total. The van der Waals surface area contributed by atoms with Crippen molar-refractivity contribution in [3.63, 3.8) is 0 Å². The molecule has 0 bridgehead atoms. The number of Topliss-reactive ketones (excluding diaryl/α,β-unsaturated/α-hetero) is 2. The number of carbonyl (C=O) groups is 4. The molecule has 0 saturated heterocycles. The molecule has 7 heteroatoms. The summed E-state index contributed by atoms with van der Waals surface area (Å²) < 4.78 is 10.4. The van der Waals surface area contributed by atoms with Gasteiger partial charge in [0.15, 0.2) is 18.2 Å². The lowest BCUT2D eigenvalue weighted by molar-refractivity contribution is -0.147. The molecule has 0 saturated carbocycles. The number of benzene rings is 2. The van der Waals surface area contributed by atoms with E-state index in [9.17, 15) is 19.2 Å². The molecule has 152 valence electrons. The van der Waals surface area contributed by atoms with Crippen molar-refractivity contribution in [3.8, 4) is 5.75 Å². The average molecular weight is 397 g/mol. The second-order valence-corrected chi connectivity index (χ2v) is 6.38. The number of hydrogen-bond donors (Lipinski definition) is 1. The quantitative estimate of drug-likeness (QED) is 0.375. The maximum atomic E-state index is 11.9. The van der Waals surface area contributed by atoms with E-state index in [4.69, 9.17) is 9.47 Å². The molecule has 2 aromatic carbocycles. The van der Waals surface area contributed by atoms with E-state index in [1.54, 1.807) is 48.5 Å². The van der Waals surface area contributed by atoms with Crippen molar-refractivity contribution >= 4 is 29.1 Å². The Morgan fingerprint density at radius 2 is 1.59 bits per heavy atom. The third kappa shape index (κ3) is 7.57. The van der Waals surface area contributed by atoms with Crippen LogP contribution in [0.15, 0.2) is 48.5 Å². The molecule has 0 radical (unpaired) electrons. The first-order chi connectivity index (χ1) is 13.8. The number of ketones is 2. The topological polar surface area (TPSA) is 98.8 Å². The highest BCUT2D eigenvalue weighted by atomic mass is 16.5. The molecular formula is C22H23NO6. The maximum absolute atomic E-state index is 11.9. The first-order valence-electron chi connectivity index (χ1n) is 9.15. The van der Waals surface area contributed by atoms with Gasteiger partial charge in [-0.15, -0.1) is 0 Å². The van der Waals surface area contributed by atoms with Crippen LogP contribution < -0.4 is 10.1 Å². The molecule has 2 aromatic rings. The Morgan fingerprint density at radius 1 is 0.897 bits per heavy atom. The van der Waals surface area contributed by atoms with Crippen molar-refractivity contribution in [1.29, 1.82) is 0 Å². The van der Waals surface area contributed by atoms with Gasteiger partial charge in [0.05, 0.1) is 6.61 Å². The molecule has 7 nitrogen and oxygen atoms in total. The fourth-order valence-corrected chi connectivity index (χ4v) is 2.42. The van der Waals surface area contributed by atoms with E-state index in [2.05, 4.69) is 5.32 Å². The summed E-state index contributed by atoms with van der Waals surface area (Å²) in [6.45, 7) is 2.83. The lowest BCUT2D eigenvalue weighted by atomic mass is 10.1. The number of hydrogen-bond acceptors (Lipinski definition) is 6. The summed E-state index contributed by atoms with van der Waals surface area (Å²) >= 11 is 0. The standard InChI is InChI=1S/C22H23NO6/c1-15(24)17-8-10-20(11-9-17)28-12-4-7-22(27)29-14-21(26)23-19-6-3-5-18(13-19)16(2)25/h3,5-6,8-11,13H,4,7,12,14H2,1-2H3,(H,23,26). The molecule has 1 amide bonds. The van der Waals surface area contributed by atoms with Crippen molar-refractivity contribution in [2.45, 2.75) is 26.7 Å². The Balaban J connectivity index is 1.65. The van der Waals surface area contributed by atoms with Crippen molar-refractivity contribution < 1.29 is 28.7 Å². The Labute approximate surface area is 169 Å². The van der Waals surface area contributed by atoms with Crippen molar-refractivity contribution in [3.05, 3.63) is 59.7 Å².